The topological polar surface area (TPSA) is 12.9 Å². The van der Waals surface area contributed by atoms with Crippen molar-refractivity contribution in [1.82, 2.24) is 4.98 Å². The summed E-state index contributed by atoms with van der Waals surface area (Å²) in [6.07, 6.45) is 0. The van der Waals surface area contributed by atoms with Crippen molar-refractivity contribution in [1.29, 1.82) is 0 Å². The molecule has 0 N–H and O–H groups in total. The molecule has 3 aromatic rings. The highest BCUT2D eigenvalue weighted by Gasteiger charge is 2.01. The Labute approximate surface area is 98.6 Å². The van der Waals surface area contributed by atoms with Gasteiger partial charge in [0, 0.05) is 10.9 Å². The molecule has 3 rings (SSSR count). The minimum Gasteiger partial charge on any atom is -0.248 e. The lowest BCUT2D eigenvalue weighted by atomic mass is 10.1. The molecule has 0 bridgehead atoms. The van der Waals surface area contributed by atoms with Crippen LogP contribution in [0.1, 0.15) is 0 Å². The van der Waals surface area contributed by atoms with Gasteiger partial charge in [0.1, 0.15) is 5.82 Å². The second kappa shape index (κ2) is 3.98. The molecule has 0 spiro atoms. The van der Waals surface area contributed by atoms with Crippen LogP contribution in [0, 0.1) is 5.82 Å². The van der Waals surface area contributed by atoms with E-state index in [1.165, 1.54) is 12.1 Å². The fourth-order valence-corrected chi connectivity index (χ4v) is 1.87. The van der Waals surface area contributed by atoms with Crippen LogP contribution >= 0.6 is 0 Å². The number of pyridine rings is 1. The van der Waals surface area contributed by atoms with Gasteiger partial charge in [-0.05, 0) is 24.3 Å². The number of rotatable bonds is 1. The van der Waals surface area contributed by atoms with Crippen molar-refractivity contribution in [3.8, 4) is 11.3 Å². The standard InChI is InChI=1S/C15H10FN/c16-13-7-9-15-12(10-13)6-8-14(17-15)11-4-2-1-3-5-11/h1-10H. The lowest BCUT2D eigenvalue weighted by molar-refractivity contribution is 0.629. The van der Waals surface area contributed by atoms with E-state index in [0.29, 0.717) is 0 Å². The van der Waals surface area contributed by atoms with Gasteiger partial charge in [0.2, 0.25) is 0 Å². The smallest absolute Gasteiger partial charge is 0.123 e. The third-order valence-corrected chi connectivity index (χ3v) is 2.72. The van der Waals surface area contributed by atoms with Crippen LogP contribution in [0.4, 0.5) is 4.39 Å². The van der Waals surface area contributed by atoms with Gasteiger partial charge in [-0.25, -0.2) is 9.37 Å². The molecular weight excluding hydrogens is 213 g/mol. The highest BCUT2D eigenvalue weighted by Crippen LogP contribution is 2.21. The third kappa shape index (κ3) is 1.89. The quantitative estimate of drug-likeness (QED) is 0.606. The van der Waals surface area contributed by atoms with Gasteiger partial charge in [-0.2, -0.15) is 0 Å². The summed E-state index contributed by atoms with van der Waals surface area (Å²) in [7, 11) is 0. The van der Waals surface area contributed by atoms with Crippen LogP contribution < -0.4 is 0 Å². The number of nitrogens with zero attached hydrogens (tertiary/aromatic N) is 1. The minimum absolute atomic E-state index is 0.230. The molecule has 1 aromatic heterocycles. The number of hydrogen-bond acceptors (Lipinski definition) is 1. The van der Waals surface area contributed by atoms with Crippen molar-refractivity contribution in [2.75, 3.05) is 0 Å². The molecular formula is C15H10FN. The average molecular weight is 223 g/mol. The summed E-state index contributed by atoms with van der Waals surface area (Å²) in [5.41, 5.74) is 2.79. The Kier molecular flexibility index (Phi) is 2.33. The van der Waals surface area contributed by atoms with Gasteiger partial charge in [0.15, 0.2) is 0 Å². The lowest BCUT2D eigenvalue weighted by Crippen LogP contribution is -1.85. The van der Waals surface area contributed by atoms with Crippen LogP contribution in [0.5, 0.6) is 0 Å². The Hall–Kier alpha value is -2.22. The molecule has 2 aromatic carbocycles. The molecule has 0 amide bonds. The van der Waals surface area contributed by atoms with Gasteiger partial charge in [0.25, 0.3) is 0 Å². The zero-order valence-electron chi connectivity index (χ0n) is 9.10. The van der Waals surface area contributed by atoms with Crippen LogP contribution in [0.15, 0.2) is 60.7 Å². The molecule has 0 saturated carbocycles. The first-order valence-corrected chi connectivity index (χ1v) is 5.45. The normalized spacial score (nSPS) is 10.6. The SMILES string of the molecule is Fc1ccc2nc(-c3ccccc3)ccc2c1. The predicted octanol–water partition coefficient (Wildman–Crippen LogP) is 4.04. The fraction of sp³-hybridized carbons (Fsp3) is 0. The van der Waals surface area contributed by atoms with Crippen LogP contribution in [0.25, 0.3) is 22.2 Å². The van der Waals surface area contributed by atoms with Crippen LogP contribution in [-0.2, 0) is 0 Å². The number of halogens is 1. The Morgan fingerprint density at radius 1 is 0.824 bits per heavy atom. The Morgan fingerprint density at radius 3 is 2.47 bits per heavy atom. The Morgan fingerprint density at radius 2 is 1.65 bits per heavy atom. The summed E-state index contributed by atoms with van der Waals surface area (Å²) in [4.78, 5) is 4.52. The van der Waals surface area contributed by atoms with Gasteiger partial charge in [-0.15, -0.1) is 0 Å². The molecule has 0 aliphatic carbocycles. The maximum absolute atomic E-state index is 13.0. The van der Waals surface area contributed by atoms with Crippen molar-refractivity contribution < 1.29 is 4.39 Å². The van der Waals surface area contributed by atoms with E-state index >= 15 is 0 Å². The van der Waals surface area contributed by atoms with Gasteiger partial charge >= 0.3 is 0 Å². The largest absolute Gasteiger partial charge is 0.248 e. The van der Waals surface area contributed by atoms with Gasteiger partial charge < -0.3 is 0 Å². The van der Waals surface area contributed by atoms with E-state index in [4.69, 9.17) is 0 Å². The van der Waals surface area contributed by atoms with E-state index in [2.05, 4.69) is 4.98 Å². The van der Waals surface area contributed by atoms with E-state index in [0.717, 1.165) is 22.2 Å². The Balaban J connectivity index is 2.17. The van der Waals surface area contributed by atoms with Crippen LogP contribution in [-0.4, -0.2) is 4.98 Å². The second-order valence-electron chi connectivity index (χ2n) is 3.90. The second-order valence-corrected chi connectivity index (χ2v) is 3.90. The Bertz CT molecular complexity index is 662. The van der Waals surface area contributed by atoms with Crippen molar-refractivity contribution in [3.63, 3.8) is 0 Å². The first kappa shape index (κ1) is 9.97. The summed E-state index contributed by atoms with van der Waals surface area (Å²) < 4.78 is 13.0. The van der Waals surface area contributed by atoms with E-state index < -0.39 is 0 Å². The molecule has 0 atom stereocenters. The highest BCUT2D eigenvalue weighted by atomic mass is 19.1. The number of aromatic nitrogens is 1. The van der Waals surface area contributed by atoms with Crippen LogP contribution in [0.2, 0.25) is 0 Å². The molecule has 17 heavy (non-hydrogen) atoms. The van der Waals surface area contributed by atoms with E-state index in [-0.39, 0.29) is 5.82 Å². The molecule has 82 valence electrons. The van der Waals surface area contributed by atoms with Gasteiger partial charge in [-0.1, -0.05) is 36.4 Å². The van der Waals surface area contributed by atoms with Crippen molar-refractivity contribution >= 4 is 10.9 Å². The average Bonchev–Trinajstić information content (AvgIpc) is 2.39. The van der Waals surface area contributed by atoms with Gasteiger partial charge in [0.05, 0.1) is 11.2 Å². The monoisotopic (exact) mass is 223 g/mol. The summed E-state index contributed by atoms with van der Waals surface area (Å²) in [5.74, 6) is -0.230. The zero-order chi connectivity index (χ0) is 11.7. The zero-order valence-corrected chi connectivity index (χ0v) is 9.10. The van der Waals surface area contributed by atoms with Crippen molar-refractivity contribution in [2.24, 2.45) is 0 Å². The maximum Gasteiger partial charge on any atom is 0.123 e. The molecule has 0 fully saturated rings. The van der Waals surface area contributed by atoms with Crippen LogP contribution in [0.3, 0.4) is 0 Å². The third-order valence-electron chi connectivity index (χ3n) is 2.72. The summed E-state index contributed by atoms with van der Waals surface area (Å²) in [5, 5.41) is 0.824. The maximum atomic E-state index is 13.0. The summed E-state index contributed by atoms with van der Waals surface area (Å²) in [6, 6.07) is 18.4. The molecule has 1 heterocycles. The van der Waals surface area contributed by atoms with Gasteiger partial charge in [-0.3, -0.25) is 0 Å². The molecule has 2 heteroatoms. The first-order chi connectivity index (χ1) is 8.33. The number of hydrogen-bond donors (Lipinski definition) is 0. The minimum atomic E-state index is -0.230. The predicted molar refractivity (Wildman–Crippen MR) is 67.1 cm³/mol. The fourth-order valence-electron chi connectivity index (χ4n) is 1.87. The van der Waals surface area contributed by atoms with Crippen molar-refractivity contribution in [2.45, 2.75) is 0 Å². The van der Waals surface area contributed by atoms with Crippen molar-refractivity contribution in [3.05, 3.63) is 66.5 Å². The number of benzene rings is 2. The van der Waals surface area contributed by atoms with E-state index in [9.17, 15) is 4.39 Å². The molecule has 0 aliphatic heterocycles. The van der Waals surface area contributed by atoms with E-state index in [1.807, 2.05) is 42.5 Å². The lowest BCUT2D eigenvalue weighted by Gasteiger charge is -2.03. The molecule has 0 aliphatic rings. The molecule has 0 saturated heterocycles. The molecule has 1 nitrogen and oxygen atoms in total. The first-order valence-electron chi connectivity index (χ1n) is 5.45. The molecule has 0 radical (unpaired) electrons. The summed E-state index contributed by atoms with van der Waals surface area (Å²) in [6.45, 7) is 0. The van der Waals surface area contributed by atoms with E-state index in [1.54, 1.807) is 6.07 Å². The highest BCUT2D eigenvalue weighted by molar-refractivity contribution is 5.81. The molecule has 0 unspecified atom stereocenters. The number of fused-ring (bicyclic) bond motifs is 1. The summed E-state index contributed by atoms with van der Waals surface area (Å²) >= 11 is 0.